The first-order chi connectivity index (χ1) is 12.5. The molecule has 0 fully saturated rings. The highest BCUT2D eigenvalue weighted by atomic mass is 16.6. The number of rotatable bonds is 6. The lowest BCUT2D eigenvalue weighted by Gasteiger charge is -2.09. The maximum Gasteiger partial charge on any atom is 0.311 e. The van der Waals surface area contributed by atoms with E-state index in [0.717, 1.165) is 11.3 Å². The maximum absolute atomic E-state index is 11.2. The Morgan fingerprint density at radius 3 is 2.50 bits per heavy atom. The van der Waals surface area contributed by atoms with Gasteiger partial charge in [-0.05, 0) is 29.8 Å². The maximum atomic E-state index is 11.2. The zero-order chi connectivity index (χ0) is 18.7. The summed E-state index contributed by atoms with van der Waals surface area (Å²) in [5.74, 6) is 1.66. The van der Waals surface area contributed by atoms with Crippen LogP contribution in [0, 0.1) is 10.1 Å². The summed E-state index contributed by atoms with van der Waals surface area (Å²) in [6, 6.07) is 11.3. The van der Waals surface area contributed by atoms with Crippen molar-refractivity contribution in [3.05, 3.63) is 64.0 Å². The molecule has 0 unspecified atom stereocenters. The van der Waals surface area contributed by atoms with Gasteiger partial charge in [-0.3, -0.25) is 15.2 Å². The van der Waals surface area contributed by atoms with Crippen LogP contribution in [0.2, 0.25) is 0 Å². The van der Waals surface area contributed by atoms with Crippen LogP contribution in [0.4, 0.5) is 5.69 Å². The molecule has 2 aromatic carbocycles. The molecule has 0 bridgehead atoms. The molecule has 26 heavy (non-hydrogen) atoms. The highest BCUT2D eigenvalue weighted by molar-refractivity contribution is 5.63. The smallest absolute Gasteiger partial charge is 0.311 e. The van der Waals surface area contributed by atoms with E-state index in [1.165, 1.54) is 19.2 Å². The lowest BCUT2D eigenvalue weighted by atomic mass is 10.1. The molecule has 3 N–H and O–H groups in total. The first kappa shape index (κ1) is 17.4. The van der Waals surface area contributed by atoms with Crippen LogP contribution in [-0.2, 0) is 0 Å². The molecule has 3 aromatic rings. The first-order valence-electron chi connectivity index (χ1n) is 7.68. The Morgan fingerprint density at radius 1 is 1.15 bits per heavy atom. The molecular weight excluding hydrogens is 338 g/mol. The van der Waals surface area contributed by atoms with E-state index < -0.39 is 11.0 Å². The number of benzene rings is 2. The molecule has 1 atom stereocenters. The number of H-pyrrole nitrogens is 1. The second-order valence-corrected chi connectivity index (χ2v) is 5.44. The second kappa shape index (κ2) is 7.19. The lowest BCUT2D eigenvalue weighted by Crippen LogP contribution is -2.13. The van der Waals surface area contributed by atoms with Gasteiger partial charge in [0, 0.05) is 11.6 Å². The third-order valence-electron chi connectivity index (χ3n) is 3.91. The zero-order valence-electron chi connectivity index (χ0n) is 14.2. The van der Waals surface area contributed by atoms with E-state index in [2.05, 4.69) is 15.2 Å². The Morgan fingerprint density at radius 2 is 1.88 bits per heavy atom. The Bertz CT molecular complexity index is 923. The third-order valence-corrected chi connectivity index (χ3v) is 3.91. The van der Waals surface area contributed by atoms with E-state index in [1.807, 2.05) is 12.1 Å². The second-order valence-electron chi connectivity index (χ2n) is 5.44. The number of nitrogens with one attached hydrogen (secondary N) is 1. The van der Waals surface area contributed by atoms with Crippen LogP contribution in [0.15, 0.2) is 42.5 Å². The molecule has 1 aromatic heterocycles. The Labute approximate surface area is 148 Å². The highest BCUT2D eigenvalue weighted by Crippen LogP contribution is 2.31. The van der Waals surface area contributed by atoms with Crippen LogP contribution in [0.3, 0.4) is 0 Å². The number of nitrogens with zero attached hydrogens (tertiary/aromatic N) is 3. The molecule has 0 saturated heterocycles. The molecule has 9 nitrogen and oxygen atoms in total. The van der Waals surface area contributed by atoms with Crippen molar-refractivity contribution < 1.29 is 14.4 Å². The van der Waals surface area contributed by atoms with Crippen LogP contribution in [-0.4, -0.2) is 34.3 Å². The van der Waals surface area contributed by atoms with Crippen molar-refractivity contribution in [2.75, 3.05) is 14.2 Å². The van der Waals surface area contributed by atoms with Gasteiger partial charge in [0.25, 0.3) is 0 Å². The van der Waals surface area contributed by atoms with E-state index in [4.69, 9.17) is 15.2 Å². The molecule has 0 aliphatic rings. The van der Waals surface area contributed by atoms with Gasteiger partial charge in [-0.15, -0.1) is 0 Å². The van der Waals surface area contributed by atoms with Gasteiger partial charge >= 0.3 is 5.69 Å². The molecule has 0 spiro atoms. The topological polar surface area (TPSA) is 129 Å². The van der Waals surface area contributed by atoms with Crippen LogP contribution in [0.25, 0.3) is 11.4 Å². The summed E-state index contributed by atoms with van der Waals surface area (Å²) in [7, 11) is 2.96. The average molecular weight is 355 g/mol. The molecule has 0 amide bonds. The quantitative estimate of drug-likeness (QED) is 0.513. The fourth-order valence-corrected chi connectivity index (χ4v) is 2.48. The molecule has 3 rings (SSSR count). The largest absolute Gasteiger partial charge is 0.497 e. The summed E-state index contributed by atoms with van der Waals surface area (Å²) in [6.07, 6.45) is 0. The number of hydrogen-bond acceptors (Lipinski definition) is 7. The van der Waals surface area contributed by atoms with E-state index in [0.29, 0.717) is 17.2 Å². The summed E-state index contributed by atoms with van der Waals surface area (Å²) in [5, 5.41) is 18.1. The molecule has 0 aliphatic heterocycles. The SMILES string of the molecule is COc1ccc([C@@H](N)c2nc(-c3ccc(OC)c([N+](=O)[O-])c3)n[nH]2)cc1. The Kier molecular flexibility index (Phi) is 4.81. The van der Waals surface area contributed by atoms with Crippen molar-refractivity contribution in [2.45, 2.75) is 6.04 Å². The van der Waals surface area contributed by atoms with Crippen molar-refractivity contribution in [1.82, 2.24) is 15.2 Å². The summed E-state index contributed by atoms with van der Waals surface area (Å²) in [4.78, 5) is 15.0. The van der Waals surface area contributed by atoms with E-state index in [-0.39, 0.29) is 11.4 Å². The van der Waals surface area contributed by atoms with Crippen LogP contribution < -0.4 is 15.2 Å². The molecule has 9 heteroatoms. The highest BCUT2D eigenvalue weighted by Gasteiger charge is 2.19. The number of nitrogens with two attached hydrogens (primary N) is 1. The minimum atomic E-state index is -0.518. The van der Waals surface area contributed by atoms with Crippen molar-refractivity contribution in [1.29, 1.82) is 0 Å². The van der Waals surface area contributed by atoms with Crippen molar-refractivity contribution in [2.24, 2.45) is 5.73 Å². The van der Waals surface area contributed by atoms with Crippen molar-refractivity contribution in [3.63, 3.8) is 0 Å². The number of hydrogen-bond donors (Lipinski definition) is 2. The van der Waals surface area contributed by atoms with Gasteiger partial charge in [-0.1, -0.05) is 12.1 Å². The van der Waals surface area contributed by atoms with Gasteiger partial charge in [0.1, 0.15) is 11.6 Å². The molecule has 0 radical (unpaired) electrons. The standard InChI is InChI=1S/C17H17N5O4/c1-25-12-6-3-10(4-7-12)15(18)17-19-16(20-21-17)11-5-8-14(26-2)13(9-11)22(23)24/h3-9,15H,18H2,1-2H3,(H,19,20,21)/t15-/m1/s1. The number of aromatic nitrogens is 3. The van der Waals surface area contributed by atoms with E-state index in [9.17, 15) is 10.1 Å². The number of nitro groups is 1. The molecule has 0 saturated carbocycles. The lowest BCUT2D eigenvalue weighted by molar-refractivity contribution is -0.385. The predicted molar refractivity (Wildman–Crippen MR) is 94.0 cm³/mol. The van der Waals surface area contributed by atoms with Crippen LogP contribution in [0.5, 0.6) is 11.5 Å². The first-order valence-corrected chi connectivity index (χ1v) is 7.68. The van der Waals surface area contributed by atoms with Gasteiger partial charge in [-0.25, -0.2) is 4.98 Å². The van der Waals surface area contributed by atoms with Gasteiger partial charge < -0.3 is 15.2 Å². The van der Waals surface area contributed by atoms with Crippen molar-refractivity contribution >= 4 is 5.69 Å². The summed E-state index contributed by atoms with van der Waals surface area (Å²) in [5.41, 5.74) is 7.38. The monoisotopic (exact) mass is 355 g/mol. The Balaban J connectivity index is 1.89. The number of aromatic amines is 1. The fourth-order valence-electron chi connectivity index (χ4n) is 2.48. The van der Waals surface area contributed by atoms with Crippen LogP contribution in [0.1, 0.15) is 17.4 Å². The van der Waals surface area contributed by atoms with Crippen molar-refractivity contribution in [3.8, 4) is 22.9 Å². The molecule has 134 valence electrons. The Hall–Kier alpha value is -3.46. The average Bonchev–Trinajstić information content (AvgIpc) is 3.17. The molecule has 1 heterocycles. The van der Waals surface area contributed by atoms with Gasteiger partial charge in [0.15, 0.2) is 11.6 Å². The minimum Gasteiger partial charge on any atom is -0.497 e. The number of ether oxygens (including phenoxy) is 2. The summed E-state index contributed by atoms with van der Waals surface area (Å²) in [6.45, 7) is 0. The van der Waals surface area contributed by atoms with E-state index >= 15 is 0 Å². The third kappa shape index (κ3) is 3.33. The molecular formula is C17H17N5O4. The fraction of sp³-hybridized carbons (Fsp3) is 0.176. The van der Waals surface area contributed by atoms with Crippen LogP contribution >= 0.6 is 0 Å². The number of methoxy groups -OCH3 is 2. The summed E-state index contributed by atoms with van der Waals surface area (Å²) < 4.78 is 10.1. The predicted octanol–water partition coefficient (Wildman–Crippen LogP) is 2.45. The summed E-state index contributed by atoms with van der Waals surface area (Å²) >= 11 is 0. The van der Waals surface area contributed by atoms with Gasteiger partial charge in [0.2, 0.25) is 0 Å². The number of nitro benzene ring substituents is 1. The zero-order valence-corrected chi connectivity index (χ0v) is 14.2. The van der Waals surface area contributed by atoms with Gasteiger partial charge in [-0.2, -0.15) is 5.10 Å². The van der Waals surface area contributed by atoms with E-state index in [1.54, 1.807) is 25.3 Å². The minimum absolute atomic E-state index is 0.157. The van der Waals surface area contributed by atoms with Gasteiger partial charge in [0.05, 0.1) is 25.2 Å². The normalized spacial score (nSPS) is 11.8. The molecule has 0 aliphatic carbocycles.